The molecule has 2 aromatic rings. The monoisotopic (exact) mass is 442 g/mol. The third-order valence-electron chi connectivity index (χ3n) is 4.56. The van der Waals surface area contributed by atoms with E-state index in [0.29, 0.717) is 17.7 Å². The largest absolute Gasteiger partial charge is 0.463 e. The van der Waals surface area contributed by atoms with Crippen molar-refractivity contribution >= 4 is 23.7 Å². The smallest absolute Gasteiger partial charge is 0.335 e. The molecule has 0 radical (unpaired) electrons. The Bertz CT molecular complexity index is 994. The van der Waals surface area contributed by atoms with Gasteiger partial charge in [0.25, 0.3) is 0 Å². The standard InChI is InChI=1S/C18H16O5.C6H10O3/c1-3-17(20)23-16-11-14(9-10-15(16)22-12(2)19)18(21)13-7-5-4-6-8-13;1-6(2)3-9-5(8)4(6)7/h4-11H,3H2,1-2H3;4,7H,3H2,1-2H3/t;4-/m.0/s1. The highest BCUT2D eigenvalue weighted by atomic mass is 16.6. The molecular weight excluding hydrogens is 416 g/mol. The molecular formula is C24H26O8. The second-order valence-corrected chi connectivity index (χ2v) is 7.78. The molecule has 1 N–H and O–H groups in total. The zero-order valence-electron chi connectivity index (χ0n) is 18.4. The maximum absolute atomic E-state index is 12.4. The van der Waals surface area contributed by atoms with E-state index in [-0.39, 0.29) is 23.7 Å². The van der Waals surface area contributed by atoms with Crippen molar-refractivity contribution in [3.8, 4) is 11.5 Å². The van der Waals surface area contributed by atoms with E-state index in [4.69, 9.17) is 14.6 Å². The summed E-state index contributed by atoms with van der Waals surface area (Å²) in [4.78, 5) is 45.6. The van der Waals surface area contributed by atoms with Gasteiger partial charge in [-0.2, -0.15) is 0 Å². The SMILES string of the molecule is CC1(C)COC(=O)[C@@H]1O.CCC(=O)Oc1cc(C(=O)c2ccccc2)ccc1OC(C)=O. The zero-order chi connectivity index (χ0) is 23.9. The fourth-order valence-electron chi connectivity index (χ4n) is 2.65. The average molecular weight is 442 g/mol. The molecule has 0 spiro atoms. The van der Waals surface area contributed by atoms with Crippen molar-refractivity contribution < 1.29 is 38.5 Å². The van der Waals surface area contributed by atoms with Crippen molar-refractivity contribution in [2.24, 2.45) is 5.41 Å². The van der Waals surface area contributed by atoms with E-state index in [1.54, 1.807) is 45.0 Å². The summed E-state index contributed by atoms with van der Waals surface area (Å²) in [7, 11) is 0. The highest BCUT2D eigenvalue weighted by molar-refractivity contribution is 6.09. The van der Waals surface area contributed by atoms with Crippen molar-refractivity contribution in [2.75, 3.05) is 6.61 Å². The Morgan fingerprint density at radius 1 is 1.03 bits per heavy atom. The van der Waals surface area contributed by atoms with Crippen LogP contribution < -0.4 is 9.47 Å². The summed E-state index contributed by atoms with van der Waals surface area (Å²) in [6.07, 6.45) is -0.770. The number of carbonyl (C=O) groups is 4. The predicted molar refractivity (Wildman–Crippen MR) is 114 cm³/mol. The number of cyclic esters (lactones) is 1. The van der Waals surface area contributed by atoms with Crippen LogP contribution in [0.3, 0.4) is 0 Å². The normalized spacial score (nSPS) is 16.3. The van der Waals surface area contributed by atoms with Gasteiger partial charge in [-0.1, -0.05) is 51.1 Å². The first-order valence-corrected chi connectivity index (χ1v) is 10.0. The Kier molecular flexibility index (Phi) is 8.26. The van der Waals surface area contributed by atoms with Crippen LogP contribution >= 0.6 is 0 Å². The summed E-state index contributed by atoms with van der Waals surface area (Å²) in [5.74, 6) is -1.59. The first kappa shape index (κ1) is 24.7. The van der Waals surface area contributed by atoms with Gasteiger partial charge in [-0.3, -0.25) is 14.4 Å². The number of hydrogen-bond donors (Lipinski definition) is 1. The number of benzene rings is 2. The number of rotatable bonds is 5. The molecule has 32 heavy (non-hydrogen) atoms. The van der Waals surface area contributed by atoms with Gasteiger partial charge in [0.15, 0.2) is 23.4 Å². The Balaban J connectivity index is 0.000000336. The van der Waals surface area contributed by atoms with E-state index in [9.17, 15) is 19.2 Å². The Morgan fingerprint density at radius 3 is 2.16 bits per heavy atom. The summed E-state index contributed by atoms with van der Waals surface area (Å²) in [5, 5.41) is 9.05. The number of aliphatic hydroxyl groups is 1. The first-order chi connectivity index (χ1) is 15.0. The minimum Gasteiger partial charge on any atom is -0.463 e. The van der Waals surface area contributed by atoms with E-state index in [2.05, 4.69) is 4.74 Å². The van der Waals surface area contributed by atoms with Gasteiger partial charge in [0.2, 0.25) is 0 Å². The Labute approximate surface area is 186 Å². The molecule has 0 aliphatic carbocycles. The van der Waals surface area contributed by atoms with Crippen LogP contribution in [0.4, 0.5) is 0 Å². The van der Waals surface area contributed by atoms with Gasteiger partial charge in [0.1, 0.15) is 0 Å². The second kappa shape index (κ2) is 10.7. The number of ketones is 1. The number of carbonyl (C=O) groups excluding carboxylic acids is 4. The van der Waals surface area contributed by atoms with Crippen molar-refractivity contribution in [3.05, 3.63) is 59.7 Å². The summed E-state index contributed by atoms with van der Waals surface area (Å²) < 4.78 is 14.7. The lowest BCUT2D eigenvalue weighted by molar-refractivity contribution is -0.145. The van der Waals surface area contributed by atoms with Gasteiger partial charge in [0, 0.05) is 29.9 Å². The van der Waals surface area contributed by atoms with E-state index < -0.39 is 29.4 Å². The van der Waals surface area contributed by atoms with Crippen LogP contribution in [0.1, 0.15) is 50.0 Å². The molecule has 2 aromatic carbocycles. The summed E-state index contributed by atoms with van der Waals surface area (Å²) in [5.41, 5.74) is 0.461. The van der Waals surface area contributed by atoms with Crippen molar-refractivity contribution in [1.29, 1.82) is 0 Å². The summed E-state index contributed by atoms with van der Waals surface area (Å²) in [6.45, 7) is 6.80. The van der Waals surface area contributed by atoms with Crippen LogP contribution in [0, 0.1) is 5.41 Å². The maximum atomic E-state index is 12.4. The van der Waals surface area contributed by atoms with Gasteiger partial charge < -0.3 is 19.3 Å². The van der Waals surface area contributed by atoms with Crippen LogP contribution in [-0.2, 0) is 19.1 Å². The second-order valence-electron chi connectivity index (χ2n) is 7.78. The lowest BCUT2D eigenvalue weighted by Crippen LogP contribution is -2.29. The zero-order valence-corrected chi connectivity index (χ0v) is 18.4. The van der Waals surface area contributed by atoms with Gasteiger partial charge in [-0.15, -0.1) is 0 Å². The molecule has 1 fully saturated rings. The number of ether oxygens (including phenoxy) is 3. The predicted octanol–water partition coefficient (Wildman–Crippen LogP) is 3.09. The minimum absolute atomic E-state index is 0.0498. The molecule has 170 valence electrons. The molecule has 1 atom stereocenters. The molecule has 1 aliphatic heterocycles. The van der Waals surface area contributed by atoms with Crippen LogP contribution in [0.15, 0.2) is 48.5 Å². The van der Waals surface area contributed by atoms with Crippen LogP contribution in [0.2, 0.25) is 0 Å². The molecule has 8 heteroatoms. The van der Waals surface area contributed by atoms with Crippen LogP contribution in [0.25, 0.3) is 0 Å². The molecule has 0 unspecified atom stereocenters. The number of aliphatic hydroxyl groups excluding tert-OH is 1. The fourth-order valence-corrected chi connectivity index (χ4v) is 2.65. The lowest BCUT2D eigenvalue weighted by Gasteiger charge is -2.15. The number of esters is 3. The average Bonchev–Trinajstić information content (AvgIpc) is 3.01. The summed E-state index contributed by atoms with van der Waals surface area (Å²) in [6, 6.07) is 13.1. The maximum Gasteiger partial charge on any atom is 0.335 e. The molecule has 1 aliphatic rings. The fraction of sp³-hybridized carbons (Fsp3) is 0.333. The molecule has 8 nitrogen and oxygen atoms in total. The van der Waals surface area contributed by atoms with E-state index in [1.807, 2.05) is 6.07 Å². The van der Waals surface area contributed by atoms with Crippen LogP contribution in [0.5, 0.6) is 11.5 Å². The minimum atomic E-state index is -0.933. The molecule has 0 bridgehead atoms. The van der Waals surface area contributed by atoms with E-state index in [1.165, 1.54) is 25.1 Å². The van der Waals surface area contributed by atoms with Crippen molar-refractivity contribution in [3.63, 3.8) is 0 Å². The van der Waals surface area contributed by atoms with E-state index >= 15 is 0 Å². The first-order valence-electron chi connectivity index (χ1n) is 10.0. The van der Waals surface area contributed by atoms with Gasteiger partial charge in [-0.05, 0) is 18.2 Å². The highest BCUT2D eigenvalue weighted by Gasteiger charge is 2.41. The third kappa shape index (κ3) is 6.49. The Morgan fingerprint density at radius 2 is 1.69 bits per heavy atom. The summed E-state index contributed by atoms with van der Waals surface area (Å²) >= 11 is 0. The molecule has 0 amide bonds. The molecule has 0 aromatic heterocycles. The van der Waals surface area contributed by atoms with Gasteiger partial charge >= 0.3 is 17.9 Å². The van der Waals surface area contributed by atoms with Crippen LogP contribution in [-0.4, -0.2) is 41.5 Å². The van der Waals surface area contributed by atoms with E-state index in [0.717, 1.165) is 0 Å². The van der Waals surface area contributed by atoms with Crippen molar-refractivity contribution in [1.82, 2.24) is 0 Å². The third-order valence-corrected chi connectivity index (χ3v) is 4.56. The molecule has 0 saturated carbocycles. The molecule has 1 saturated heterocycles. The van der Waals surface area contributed by atoms with Gasteiger partial charge in [0.05, 0.1) is 6.61 Å². The number of hydrogen-bond acceptors (Lipinski definition) is 8. The molecule has 1 heterocycles. The van der Waals surface area contributed by atoms with Gasteiger partial charge in [-0.25, -0.2) is 4.79 Å². The quantitative estimate of drug-likeness (QED) is 0.427. The lowest BCUT2D eigenvalue weighted by atomic mass is 9.90. The molecule has 3 rings (SSSR count). The topological polar surface area (TPSA) is 116 Å². The van der Waals surface area contributed by atoms with Crippen molar-refractivity contribution in [2.45, 2.75) is 40.2 Å². The highest BCUT2D eigenvalue weighted by Crippen LogP contribution is 2.30. The Hall–Kier alpha value is -3.52.